The number of sulfone groups is 1. The van der Waals surface area contributed by atoms with Crippen LogP contribution in [0.5, 0.6) is 0 Å². The summed E-state index contributed by atoms with van der Waals surface area (Å²) < 4.78 is 77.0. The number of hydrogen-bond acceptors (Lipinski definition) is 6. The van der Waals surface area contributed by atoms with Gasteiger partial charge in [-0.05, 0) is 37.5 Å². The zero-order valence-electron chi connectivity index (χ0n) is 15.3. The second-order valence-electron chi connectivity index (χ2n) is 7.14. The van der Waals surface area contributed by atoms with E-state index in [1.165, 1.54) is 8.61 Å². The largest absolute Gasteiger partial charge is 0.243 e. The summed E-state index contributed by atoms with van der Waals surface area (Å²) >= 11 is 0. The second kappa shape index (κ2) is 7.11. The SMILES string of the molecule is Cc1ccc(C)c(S(=O)(=O)N2CCN(S(=O)(=O)C3CCS(=O)(=O)C3)CC2)c1. The molecule has 2 saturated heterocycles. The Labute approximate surface area is 161 Å². The molecule has 0 spiro atoms. The maximum atomic E-state index is 12.9. The van der Waals surface area contributed by atoms with Crippen molar-refractivity contribution >= 4 is 29.9 Å². The zero-order valence-corrected chi connectivity index (χ0v) is 17.8. The molecule has 1 unspecified atom stereocenters. The molecule has 1 aromatic rings. The Balaban J connectivity index is 1.74. The molecule has 27 heavy (non-hydrogen) atoms. The predicted molar refractivity (Wildman–Crippen MR) is 102 cm³/mol. The molecule has 1 atom stereocenters. The van der Waals surface area contributed by atoms with Crippen molar-refractivity contribution in [3.8, 4) is 0 Å². The van der Waals surface area contributed by atoms with Crippen molar-refractivity contribution in [3.63, 3.8) is 0 Å². The van der Waals surface area contributed by atoms with Crippen LogP contribution in [-0.4, -0.2) is 76.8 Å². The molecule has 1 aromatic carbocycles. The van der Waals surface area contributed by atoms with Gasteiger partial charge in [0, 0.05) is 26.2 Å². The van der Waals surface area contributed by atoms with Crippen LogP contribution in [0.4, 0.5) is 0 Å². The summed E-state index contributed by atoms with van der Waals surface area (Å²) in [6.07, 6.45) is 0.103. The first-order chi connectivity index (χ1) is 12.4. The fourth-order valence-electron chi connectivity index (χ4n) is 3.50. The van der Waals surface area contributed by atoms with Gasteiger partial charge < -0.3 is 0 Å². The number of piperazine rings is 1. The molecular weight excluding hydrogens is 412 g/mol. The highest BCUT2D eigenvalue weighted by Crippen LogP contribution is 2.26. The summed E-state index contributed by atoms with van der Waals surface area (Å²) in [5, 5.41) is -0.926. The Kier molecular flexibility index (Phi) is 5.45. The third kappa shape index (κ3) is 4.07. The zero-order chi connectivity index (χ0) is 20.0. The van der Waals surface area contributed by atoms with E-state index in [4.69, 9.17) is 0 Å². The molecule has 2 aliphatic rings. The van der Waals surface area contributed by atoms with Crippen molar-refractivity contribution in [1.82, 2.24) is 8.61 Å². The molecule has 0 aromatic heterocycles. The lowest BCUT2D eigenvalue weighted by Crippen LogP contribution is -2.52. The summed E-state index contributed by atoms with van der Waals surface area (Å²) in [5.74, 6) is -0.464. The van der Waals surface area contributed by atoms with E-state index in [1.807, 2.05) is 13.0 Å². The van der Waals surface area contributed by atoms with E-state index in [2.05, 4.69) is 0 Å². The van der Waals surface area contributed by atoms with Crippen LogP contribution < -0.4 is 0 Å². The van der Waals surface area contributed by atoms with Crippen molar-refractivity contribution in [2.24, 2.45) is 0 Å². The molecule has 0 radical (unpaired) electrons. The van der Waals surface area contributed by atoms with E-state index in [0.29, 0.717) is 5.56 Å². The molecule has 0 bridgehead atoms. The van der Waals surface area contributed by atoms with Crippen molar-refractivity contribution in [3.05, 3.63) is 29.3 Å². The lowest BCUT2D eigenvalue weighted by molar-refractivity contribution is 0.271. The van der Waals surface area contributed by atoms with Gasteiger partial charge in [0.25, 0.3) is 0 Å². The third-order valence-electron chi connectivity index (χ3n) is 5.13. The summed E-state index contributed by atoms with van der Waals surface area (Å²) in [6.45, 7) is 3.71. The fourth-order valence-corrected chi connectivity index (χ4v) is 9.74. The van der Waals surface area contributed by atoms with E-state index in [0.717, 1.165) is 5.56 Å². The highest BCUT2D eigenvalue weighted by atomic mass is 32.2. The van der Waals surface area contributed by atoms with Gasteiger partial charge in [0.2, 0.25) is 20.0 Å². The van der Waals surface area contributed by atoms with Crippen LogP contribution in [0.3, 0.4) is 0 Å². The second-order valence-corrected chi connectivity index (χ2v) is 13.5. The molecule has 8 nitrogen and oxygen atoms in total. The molecule has 0 N–H and O–H groups in total. The van der Waals surface area contributed by atoms with Crippen LogP contribution in [0.25, 0.3) is 0 Å². The molecule has 2 aliphatic heterocycles. The highest BCUT2D eigenvalue weighted by molar-refractivity contribution is 7.95. The van der Waals surface area contributed by atoms with Crippen molar-refractivity contribution in [1.29, 1.82) is 0 Å². The summed E-state index contributed by atoms with van der Waals surface area (Å²) in [6, 6.07) is 5.22. The minimum Gasteiger partial charge on any atom is -0.229 e. The minimum absolute atomic E-state index is 0.0307. The van der Waals surface area contributed by atoms with Crippen LogP contribution in [0, 0.1) is 13.8 Å². The van der Waals surface area contributed by atoms with Crippen LogP contribution in [0.2, 0.25) is 0 Å². The van der Waals surface area contributed by atoms with E-state index >= 15 is 0 Å². The molecule has 11 heteroatoms. The van der Waals surface area contributed by atoms with Gasteiger partial charge in [-0.1, -0.05) is 12.1 Å². The third-order valence-corrected chi connectivity index (χ3v) is 11.5. The topological polar surface area (TPSA) is 109 Å². The monoisotopic (exact) mass is 436 g/mol. The Morgan fingerprint density at radius 1 is 0.963 bits per heavy atom. The first-order valence-electron chi connectivity index (χ1n) is 8.70. The molecule has 0 aliphatic carbocycles. The Hall–Kier alpha value is -1.01. The number of sulfonamides is 2. The van der Waals surface area contributed by atoms with Crippen LogP contribution >= 0.6 is 0 Å². The Morgan fingerprint density at radius 2 is 1.56 bits per heavy atom. The van der Waals surface area contributed by atoms with Crippen molar-refractivity contribution < 1.29 is 25.3 Å². The van der Waals surface area contributed by atoms with Crippen molar-refractivity contribution in [2.45, 2.75) is 30.4 Å². The number of benzene rings is 1. The predicted octanol–water partition coefficient (Wildman–Crippen LogP) is 0.127. The minimum atomic E-state index is -3.75. The molecule has 3 rings (SSSR count). The average molecular weight is 437 g/mol. The lowest BCUT2D eigenvalue weighted by atomic mass is 10.2. The van der Waals surface area contributed by atoms with Crippen LogP contribution in [0.1, 0.15) is 17.5 Å². The van der Waals surface area contributed by atoms with Gasteiger partial charge >= 0.3 is 0 Å². The molecule has 0 amide bonds. The van der Waals surface area contributed by atoms with E-state index in [-0.39, 0.29) is 49.0 Å². The van der Waals surface area contributed by atoms with Gasteiger partial charge in [-0.2, -0.15) is 8.61 Å². The molecule has 152 valence electrons. The van der Waals surface area contributed by atoms with E-state index < -0.39 is 35.1 Å². The summed E-state index contributed by atoms with van der Waals surface area (Å²) in [7, 11) is -10.8. The first-order valence-corrected chi connectivity index (χ1v) is 13.5. The van der Waals surface area contributed by atoms with E-state index in [9.17, 15) is 25.3 Å². The standard InChI is InChI=1S/C16H24N2O6S3/c1-13-3-4-14(2)16(11-13)27(23,24)18-8-6-17(7-9-18)26(21,22)15-5-10-25(19,20)12-15/h3-4,11,15H,5-10,12H2,1-2H3. The number of aryl methyl sites for hydroxylation is 2. The highest BCUT2D eigenvalue weighted by Gasteiger charge is 2.42. The maximum Gasteiger partial charge on any atom is 0.243 e. The molecule has 0 saturated carbocycles. The van der Waals surface area contributed by atoms with Gasteiger partial charge in [-0.3, -0.25) is 0 Å². The smallest absolute Gasteiger partial charge is 0.229 e. The normalized spacial score (nSPS) is 24.9. The number of hydrogen-bond donors (Lipinski definition) is 0. The lowest BCUT2D eigenvalue weighted by Gasteiger charge is -2.34. The van der Waals surface area contributed by atoms with Gasteiger partial charge in [0.05, 0.1) is 21.7 Å². The van der Waals surface area contributed by atoms with Crippen LogP contribution in [-0.2, 0) is 29.9 Å². The van der Waals surface area contributed by atoms with E-state index in [1.54, 1.807) is 19.1 Å². The average Bonchev–Trinajstić information content (AvgIpc) is 2.98. The van der Waals surface area contributed by atoms with Gasteiger partial charge in [0.15, 0.2) is 9.84 Å². The quantitative estimate of drug-likeness (QED) is 0.664. The van der Waals surface area contributed by atoms with Crippen molar-refractivity contribution in [2.75, 3.05) is 37.7 Å². The van der Waals surface area contributed by atoms with Gasteiger partial charge in [-0.15, -0.1) is 0 Å². The fraction of sp³-hybridized carbons (Fsp3) is 0.625. The molecule has 2 heterocycles. The number of nitrogens with zero attached hydrogens (tertiary/aromatic N) is 2. The Morgan fingerprint density at radius 3 is 2.11 bits per heavy atom. The maximum absolute atomic E-state index is 12.9. The molecular formula is C16H24N2O6S3. The Bertz CT molecular complexity index is 1040. The van der Waals surface area contributed by atoms with Gasteiger partial charge in [0.1, 0.15) is 0 Å². The van der Waals surface area contributed by atoms with Gasteiger partial charge in [-0.25, -0.2) is 25.3 Å². The summed E-state index contributed by atoms with van der Waals surface area (Å²) in [5.41, 5.74) is 1.48. The first kappa shape index (κ1) is 20.7. The summed E-state index contributed by atoms with van der Waals surface area (Å²) in [4.78, 5) is 0.237. The van der Waals surface area contributed by atoms with Crippen LogP contribution in [0.15, 0.2) is 23.1 Å². The molecule has 2 fully saturated rings. The number of rotatable bonds is 4.